The van der Waals surface area contributed by atoms with Crippen LogP contribution in [0.25, 0.3) is 0 Å². The van der Waals surface area contributed by atoms with Gasteiger partial charge >= 0.3 is 5.97 Å². The Kier molecular flexibility index (Phi) is 3.67. The summed E-state index contributed by atoms with van der Waals surface area (Å²) in [6, 6.07) is 5.96. The zero-order valence-corrected chi connectivity index (χ0v) is 9.64. The number of hydrogen-bond donors (Lipinski definition) is 2. The molecule has 0 aliphatic rings. The Balaban J connectivity index is 2.73. The number of anilines is 1. The highest BCUT2D eigenvalue weighted by atomic mass is 16.6. The van der Waals surface area contributed by atoms with Gasteiger partial charge in [-0.25, -0.2) is 0 Å². The van der Waals surface area contributed by atoms with E-state index in [1.165, 1.54) is 12.1 Å². The Morgan fingerprint density at radius 1 is 1.53 bits per heavy atom. The number of nitro groups is 1. The minimum absolute atomic E-state index is 0.0249. The lowest BCUT2D eigenvalue weighted by Crippen LogP contribution is -2.31. The molecular formula is C11H14N2O4. The molecule has 0 saturated carbocycles. The van der Waals surface area contributed by atoms with Crippen LogP contribution in [0.3, 0.4) is 0 Å². The second-order valence-corrected chi connectivity index (χ2v) is 4.35. The van der Waals surface area contributed by atoms with Crippen molar-refractivity contribution >= 4 is 17.3 Å². The van der Waals surface area contributed by atoms with Crippen molar-refractivity contribution in [3.8, 4) is 0 Å². The van der Waals surface area contributed by atoms with Gasteiger partial charge in [0.2, 0.25) is 0 Å². The van der Waals surface area contributed by atoms with Gasteiger partial charge in [-0.1, -0.05) is 6.07 Å². The topological polar surface area (TPSA) is 92.5 Å². The van der Waals surface area contributed by atoms with Gasteiger partial charge in [-0.2, -0.15) is 0 Å². The average molecular weight is 238 g/mol. The third kappa shape index (κ3) is 3.44. The first kappa shape index (κ1) is 13.0. The van der Waals surface area contributed by atoms with Crippen molar-refractivity contribution in [1.29, 1.82) is 0 Å². The lowest BCUT2D eigenvalue weighted by atomic mass is 9.94. The van der Waals surface area contributed by atoms with Gasteiger partial charge in [0.15, 0.2) is 0 Å². The molecule has 0 aliphatic carbocycles. The number of carboxylic acids is 1. The van der Waals surface area contributed by atoms with Gasteiger partial charge in [-0.05, 0) is 19.9 Å². The summed E-state index contributed by atoms with van der Waals surface area (Å²) in [5, 5.41) is 22.3. The number of benzene rings is 1. The molecule has 0 spiro atoms. The molecule has 6 nitrogen and oxygen atoms in total. The summed E-state index contributed by atoms with van der Waals surface area (Å²) < 4.78 is 0. The number of carbonyl (C=O) groups is 1. The predicted octanol–water partition coefficient (Wildman–Crippen LogP) is 2.12. The molecule has 0 radical (unpaired) electrons. The Labute approximate surface area is 98.4 Å². The van der Waals surface area contributed by atoms with E-state index in [1.54, 1.807) is 26.0 Å². The van der Waals surface area contributed by atoms with Crippen molar-refractivity contribution in [3.63, 3.8) is 0 Å². The summed E-state index contributed by atoms with van der Waals surface area (Å²) in [6.45, 7) is 3.36. The summed E-state index contributed by atoms with van der Waals surface area (Å²) in [7, 11) is 0. The van der Waals surface area contributed by atoms with E-state index in [9.17, 15) is 14.9 Å². The van der Waals surface area contributed by atoms with Crippen molar-refractivity contribution in [2.45, 2.75) is 13.8 Å². The molecule has 2 N–H and O–H groups in total. The van der Waals surface area contributed by atoms with E-state index >= 15 is 0 Å². The fourth-order valence-electron chi connectivity index (χ4n) is 1.13. The molecule has 0 bridgehead atoms. The molecule has 0 aromatic heterocycles. The summed E-state index contributed by atoms with van der Waals surface area (Å²) in [5.74, 6) is -0.921. The first-order chi connectivity index (χ1) is 7.83. The third-order valence-electron chi connectivity index (χ3n) is 2.37. The van der Waals surface area contributed by atoms with Crippen molar-refractivity contribution in [2.75, 3.05) is 11.9 Å². The quantitative estimate of drug-likeness (QED) is 0.605. The highest BCUT2D eigenvalue weighted by Gasteiger charge is 2.26. The molecule has 1 aromatic rings. The van der Waals surface area contributed by atoms with Crippen LogP contribution in [0, 0.1) is 15.5 Å². The number of aliphatic carboxylic acids is 1. The van der Waals surface area contributed by atoms with Crippen LogP contribution in [0.5, 0.6) is 0 Å². The SMILES string of the molecule is CC(C)(CNc1cccc([N+](=O)[O-])c1)C(=O)O. The smallest absolute Gasteiger partial charge is 0.310 e. The van der Waals surface area contributed by atoms with Gasteiger partial charge in [-0.3, -0.25) is 14.9 Å². The number of nitrogens with one attached hydrogen (secondary N) is 1. The van der Waals surface area contributed by atoms with Gasteiger partial charge < -0.3 is 10.4 Å². The molecule has 0 fully saturated rings. The van der Waals surface area contributed by atoms with Crippen LogP contribution in [0.15, 0.2) is 24.3 Å². The van der Waals surface area contributed by atoms with Gasteiger partial charge in [0.25, 0.3) is 5.69 Å². The van der Waals surface area contributed by atoms with Gasteiger partial charge in [0.1, 0.15) is 0 Å². The number of carboxylic acid groups (broad SMARTS) is 1. The zero-order valence-electron chi connectivity index (χ0n) is 9.64. The number of non-ortho nitro benzene ring substituents is 1. The molecule has 0 amide bonds. The summed E-state index contributed by atoms with van der Waals surface area (Å²) >= 11 is 0. The fraction of sp³-hybridized carbons (Fsp3) is 0.364. The van der Waals surface area contributed by atoms with E-state index in [1.807, 2.05) is 0 Å². The summed E-state index contributed by atoms with van der Waals surface area (Å²) in [4.78, 5) is 20.9. The number of rotatable bonds is 5. The van der Waals surface area contributed by atoms with E-state index in [4.69, 9.17) is 5.11 Å². The maximum atomic E-state index is 10.9. The lowest BCUT2D eigenvalue weighted by molar-refractivity contribution is -0.384. The first-order valence-corrected chi connectivity index (χ1v) is 5.04. The second-order valence-electron chi connectivity index (χ2n) is 4.35. The van der Waals surface area contributed by atoms with Crippen molar-refractivity contribution in [3.05, 3.63) is 34.4 Å². The monoisotopic (exact) mass is 238 g/mol. The number of nitro benzene ring substituents is 1. The first-order valence-electron chi connectivity index (χ1n) is 5.04. The molecule has 0 unspecified atom stereocenters. The largest absolute Gasteiger partial charge is 0.481 e. The summed E-state index contributed by atoms with van der Waals surface area (Å²) in [5.41, 5.74) is -0.415. The number of nitrogens with zero attached hydrogens (tertiary/aromatic N) is 1. The highest BCUT2D eigenvalue weighted by Crippen LogP contribution is 2.20. The molecular weight excluding hydrogens is 224 g/mol. The number of hydrogen-bond acceptors (Lipinski definition) is 4. The Bertz CT molecular complexity index is 443. The van der Waals surface area contributed by atoms with Gasteiger partial charge in [0, 0.05) is 24.4 Å². The maximum absolute atomic E-state index is 10.9. The standard InChI is InChI=1S/C11H14N2O4/c1-11(2,10(14)15)7-12-8-4-3-5-9(6-8)13(16)17/h3-6,12H,7H2,1-2H3,(H,14,15). The molecule has 0 atom stereocenters. The van der Waals surface area contributed by atoms with Crippen LogP contribution in [0.2, 0.25) is 0 Å². The molecule has 1 rings (SSSR count). The molecule has 1 aromatic carbocycles. The molecule has 0 aliphatic heterocycles. The zero-order chi connectivity index (χ0) is 13.1. The van der Waals surface area contributed by atoms with Crippen molar-refractivity contribution in [2.24, 2.45) is 5.41 Å². The van der Waals surface area contributed by atoms with Crippen LogP contribution in [-0.4, -0.2) is 22.5 Å². The van der Waals surface area contributed by atoms with Crippen LogP contribution in [0.1, 0.15) is 13.8 Å². The van der Waals surface area contributed by atoms with E-state index in [-0.39, 0.29) is 12.2 Å². The van der Waals surface area contributed by atoms with Crippen molar-refractivity contribution in [1.82, 2.24) is 0 Å². The van der Waals surface area contributed by atoms with E-state index in [0.29, 0.717) is 5.69 Å². The van der Waals surface area contributed by atoms with E-state index in [2.05, 4.69) is 5.32 Å². The molecule has 0 heterocycles. The van der Waals surface area contributed by atoms with Crippen LogP contribution >= 0.6 is 0 Å². The minimum Gasteiger partial charge on any atom is -0.481 e. The Morgan fingerprint density at radius 2 is 2.18 bits per heavy atom. The molecule has 92 valence electrons. The Morgan fingerprint density at radius 3 is 2.71 bits per heavy atom. The van der Waals surface area contributed by atoms with Crippen LogP contribution < -0.4 is 5.32 Å². The minimum atomic E-state index is -0.926. The van der Waals surface area contributed by atoms with E-state index in [0.717, 1.165) is 0 Å². The molecule has 0 saturated heterocycles. The molecule has 6 heteroatoms. The highest BCUT2D eigenvalue weighted by molar-refractivity contribution is 5.74. The Hall–Kier alpha value is -2.11. The predicted molar refractivity (Wildman–Crippen MR) is 63.0 cm³/mol. The normalized spacial score (nSPS) is 10.9. The third-order valence-corrected chi connectivity index (χ3v) is 2.37. The fourth-order valence-corrected chi connectivity index (χ4v) is 1.13. The van der Waals surface area contributed by atoms with Gasteiger partial charge in [-0.15, -0.1) is 0 Å². The molecule has 17 heavy (non-hydrogen) atoms. The lowest BCUT2D eigenvalue weighted by Gasteiger charge is -2.20. The maximum Gasteiger partial charge on any atom is 0.310 e. The second kappa shape index (κ2) is 4.82. The van der Waals surface area contributed by atoms with Gasteiger partial charge in [0.05, 0.1) is 10.3 Å². The van der Waals surface area contributed by atoms with E-state index < -0.39 is 16.3 Å². The van der Waals surface area contributed by atoms with Crippen LogP contribution in [-0.2, 0) is 4.79 Å². The van der Waals surface area contributed by atoms with Crippen LogP contribution in [0.4, 0.5) is 11.4 Å². The average Bonchev–Trinajstić information content (AvgIpc) is 2.26. The van der Waals surface area contributed by atoms with Crippen molar-refractivity contribution < 1.29 is 14.8 Å². The summed E-state index contributed by atoms with van der Waals surface area (Å²) in [6.07, 6.45) is 0.